The highest BCUT2D eigenvalue weighted by Crippen LogP contribution is 2.38. The Labute approximate surface area is 184 Å². The van der Waals surface area contributed by atoms with Gasteiger partial charge >= 0.3 is 0 Å². The van der Waals surface area contributed by atoms with Gasteiger partial charge in [0.15, 0.2) is 11.5 Å². The number of hydrogen-bond donors (Lipinski definition) is 0. The molecule has 1 amide bonds. The molecule has 2 aromatic carbocycles. The molecule has 0 saturated carbocycles. The van der Waals surface area contributed by atoms with E-state index >= 15 is 0 Å². The molecule has 1 heterocycles. The van der Waals surface area contributed by atoms with E-state index in [1.165, 1.54) is 5.56 Å². The molecular formula is C26H30N2O3. The summed E-state index contributed by atoms with van der Waals surface area (Å²) in [5.74, 6) is 1.33. The van der Waals surface area contributed by atoms with Gasteiger partial charge in [0.2, 0.25) is 0 Å². The summed E-state index contributed by atoms with van der Waals surface area (Å²) in [7, 11) is 3.25. The molecule has 2 aromatic rings. The van der Waals surface area contributed by atoms with Crippen molar-refractivity contribution in [2.24, 2.45) is 16.9 Å². The Morgan fingerprint density at radius 1 is 0.903 bits per heavy atom. The zero-order chi connectivity index (χ0) is 22.2. The maximum absolute atomic E-state index is 13.4. The zero-order valence-corrected chi connectivity index (χ0v) is 18.9. The Morgan fingerprint density at radius 3 is 2.16 bits per heavy atom. The third-order valence-electron chi connectivity index (χ3n) is 6.17. The van der Waals surface area contributed by atoms with Crippen LogP contribution in [-0.2, 0) is 10.2 Å². The van der Waals surface area contributed by atoms with Crippen LogP contribution in [0.2, 0.25) is 0 Å². The molecule has 0 saturated heterocycles. The molecule has 0 aromatic heterocycles. The first kappa shape index (κ1) is 21.2. The molecule has 162 valence electrons. The van der Waals surface area contributed by atoms with Gasteiger partial charge in [-0.3, -0.25) is 4.79 Å². The SMILES string of the molecule is COc1ccc(C2=NN(c3ccc(C(C)(C)C)cc3)C(=O)[C@H]3CC=CC[C@@H]23)cc1OC. The van der Waals surface area contributed by atoms with E-state index in [1.54, 1.807) is 19.2 Å². The minimum atomic E-state index is -0.118. The molecule has 2 atom stereocenters. The molecule has 2 aliphatic rings. The Bertz CT molecular complexity index is 1030. The van der Waals surface area contributed by atoms with Crippen LogP contribution in [0.25, 0.3) is 0 Å². The summed E-state index contributed by atoms with van der Waals surface area (Å²) in [6.07, 6.45) is 5.79. The molecule has 5 nitrogen and oxygen atoms in total. The number of hydrogen-bond acceptors (Lipinski definition) is 4. The average Bonchev–Trinajstić information content (AvgIpc) is 2.78. The fourth-order valence-electron chi connectivity index (χ4n) is 4.33. The largest absolute Gasteiger partial charge is 0.493 e. The van der Waals surface area contributed by atoms with Crippen molar-refractivity contribution in [3.05, 3.63) is 65.7 Å². The number of anilines is 1. The van der Waals surface area contributed by atoms with Gasteiger partial charge in [-0.15, -0.1) is 0 Å². The number of fused-ring (bicyclic) bond motifs is 1. The highest BCUT2D eigenvalue weighted by atomic mass is 16.5. The fraction of sp³-hybridized carbons (Fsp3) is 0.385. The van der Waals surface area contributed by atoms with Crippen molar-refractivity contribution in [3.8, 4) is 11.5 Å². The number of allylic oxidation sites excluding steroid dienone is 2. The molecule has 4 rings (SSSR count). The molecule has 5 heteroatoms. The van der Waals surface area contributed by atoms with Crippen LogP contribution in [0, 0.1) is 11.8 Å². The van der Waals surface area contributed by atoms with Gasteiger partial charge in [-0.2, -0.15) is 5.10 Å². The maximum atomic E-state index is 13.4. The Morgan fingerprint density at radius 2 is 1.55 bits per heavy atom. The van der Waals surface area contributed by atoms with Crippen molar-refractivity contribution in [2.45, 2.75) is 39.0 Å². The lowest BCUT2D eigenvalue weighted by molar-refractivity contribution is -0.123. The van der Waals surface area contributed by atoms with E-state index < -0.39 is 0 Å². The predicted octanol–water partition coefficient (Wildman–Crippen LogP) is 5.33. The van der Waals surface area contributed by atoms with Crippen molar-refractivity contribution >= 4 is 17.3 Å². The summed E-state index contributed by atoms with van der Waals surface area (Å²) >= 11 is 0. The zero-order valence-electron chi connectivity index (χ0n) is 18.9. The van der Waals surface area contributed by atoms with Crippen LogP contribution in [0.15, 0.2) is 59.7 Å². The first-order chi connectivity index (χ1) is 14.8. The number of nitrogens with zero attached hydrogens (tertiary/aromatic N) is 2. The smallest absolute Gasteiger partial charge is 0.251 e. The van der Waals surface area contributed by atoms with Gasteiger partial charge in [0.1, 0.15) is 0 Å². The number of hydrazone groups is 1. The number of carbonyl (C=O) groups is 1. The van der Waals surface area contributed by atoms with E-state index in [2.05, 4.69) is 45.1 Å². The molecule has 0 N–H and O–H groups in total. The summed E-state index contributed by atoms with van der Waals surface area (Å²) in [4.78, 5) is 13.4. The molecule has 1 aliphatic heterocycles. The van der Waals surface area contributed by atoms with Gasteiger partial charge in [0, 0.05) is 11.5 Å². The third-order valence-corrected chi connectivity index (χ3v) is 6.17. The second-order valence-electron chi connectivity index (χ2n) is 9.16. The highest BCUT2D eigenvalue weighted by molar-refractivity contribution is 6.11. The van der Waals surface area contributed by atoms with Crippen LogP contribution in [-0.4, -0.2) is 25.8 Å². The van der Waals surface area contributed by atoms with Gasteiger partial charge in [-0.25, -0.2) is 5.01 Å². The number of benzene rings is 2. The lowest BCUT2D eigenvalue weighted by atomic mass is 9.76. The molecule has 0 spiro atoms. The molecule has 31 heavy (non-hydrogen) atoms. The van der Waals surface area contributed by atoms with Gasteiger partial charge in [0.25, 0.3) is 5.91 Å². The van der Waals surface area contributed by atoms with Crippen LogP contribution < -0.4 is 14.5 Å². The van der Waals surface area contributed by atoms with E-state index in [1.807, 2.05) is 30.3 Å². The Hall–Kier alpha value is -3.08. The molecule has 0 unspecified atom stereocenters. The minimum absolute atomic E-state index is 0.0533. The predicted molar refractivity (Wildman–Crippen MR) is 124 cm³/mol. The summed E-state index contributed by atoms with van der Waals surface area (Å²) in [6, 6.07) is 14.0. The monoisotopic (exact) mass is 418 g/mol. The van der Waals surface area contributed by atoms with E-state index in [0.29, 0.717) is 11.5 Å². The Balaban J connectivity index is 1.79. The summed E-state index contributed by atoms with van der Waals surface area (Å²) in [6.45, 7) is 6.54. The second-order valence-corrected chi connectivity index (χ2v) is 9.16. The number of methoxy groups -OCH3 is 2. The van der Waals surface area contributed by atoms with Crippen molar-refractivity contribution in [3.63, 3.8) is 0 Å². The average molecular weight is 419 g/mol. The van der Waals surface area contributed by atoms with Gasteiger partial charge in [-0.05, 0) is 54.2 Å². The number of carbonyl (C=O) groups excluding carboxylic acids is 1. The lowest BCUT2D eigenvalue weighted by Gasteiger charge is -2.37. The minimum Gasteiger partial charge on any atom is -0.493 e. The molecule has 0 radical (unpaired) electrons. The fourth-order valence-corrected chi connectivity index (χ4v) is 4.33. The topological polar surface area (TPSA) is 51.1 Å². The van der Waals surface area contributed by atoms with E-state index in [4.69, 9.17) is 14.6 Å². The van der Waals surface area contributed by atoms with Crippen LogP contribution in [0.4, 0.5) is 5.69 Å². The quantitative estimate of drug-likeness (QED) is 0.630. The van der Waals surface area contributed by atoms with Gasteiger partial charge in [-0.1, -0.05) is 45.1 Å². The summed E-state index contributed by atoms with van der Waals surface area (Å²) in [5, 5.41) is 6.46. The molecule has 0 fully saturated rings. The van der Waals surface area contributed by atoms with E-state index in [-0.39, 0.29) is 23.2 Å². The van der Waals surface area contributed by atoms with Gasteiger partial charge in [0.05, 0.1) is 31.5 Å². The highest BCUT2D eigenvalue weighted by Gasteiger charge is 2.40. The first-order valence-electron chi connectivity index (χ1n) is 10.7. The number of amides is 1. The molecule has 0 bridgehead atoms. The van der Waals surface area contributed by atoms with Gasteiger partial charge < -0.3 is 9.47 Å². The van der Waals surface area contributed by atoms with Crippen molar-refractivity contribution in [1.29, 1.82) is 0 Å². The lowest BCUT2D eigenvalue weighted by Crippen LogP contribution is -2.45. The van der Waals surface area contributed by atoms with Crippen molar-refractivity contribution in [2.75, 3.05) is 19.2 Å². The number of ether oxygens (including phenoxy) is 2. The van der Waals surface area contributed by atoms with Crippen molar-refractivity contribution in [1.82, 2.24) is 0 Å². The molecular weight excluding hydrogens is 388 g/mol. The second kappa shape index (κ2) is 8.22. The van der Waals surface area contributed by atoms with E-state index in [9.17, 15) is 4.79 Å². The van der Waals surface area contributed by atoms with Crippen LogP contribution in [0.3, 0.4) is 0 Å². The van der Waals surface area contributed by atoms with Crippen LogP contribution >= 0.6 is 0 Å². The van der Waals surface area contributed by atoms with Crippen LogP contribution in [0.1, 0.15) is 44.7 Å². The van der Waals surface area contributed by atoms with Crippen LogP contribution in [0.5, 0.6) is 11.5 Å². The van der Waals surface area contributed by atoms with Crippen molar-refractivity contribution < 1.29 is 14.3 Å². The maximum Gasteiger partial charge on any atom is 0.251 e. The molecule has 1 aliphatic carbocycles. The summed E-state index contributed by atoms with van der Waals surface area (Å²) in [5.41, 5.74) is 3.94. The Kier molecular flexibility index (Phi) is 5.61. The normalized spacial score (nSPS) is 20.9. The van der Waals surface area contributed by atoms with E-state index in [0.717, 1.165) is 29.8 Å². The third kappa shape index (κ3) is 3.97. The first-order valence-corrected chi connectivity index (χ1v) is 10.7. The summed E-state index contributed by atoms with van der Waals surface area (Å²) < 4.78 is 10.9. The number of rotatable bonds is 4. The standard InChI is InChI=1S/C26H30N2O3/c1-26(2,3)18-11-13-19(14-12-18)28-25(29)21-9-7-6-8-20(21)24(27-28)17-10-15-22(30-4)23(16-17)31-5/h6-7,10-16,20-21H,8-9H2,1-5H3/t20-,21+/m1/s1.